The number of aliphatic hydroxyl groups is 1. The molecule has 1 amide bonds. The minimum atomic E-state index is -0.872. The quantitative estimate of drug-likeness (QED) is 0.783. The number of benzene rings is 1. The number of nitrogens with one attached hydrogen (secondary N) is 2. The summed E-state index contributed by atoms with van der Waals surface area (Å²) in [5.74, 6) is -0.770. The fraction of sp³-hybridized carbons (Fsp3) is 0.462. The highest BCUT2D eigenvalue weighted by atomic mass is 35.5. The van der Waals surface area contributed by atoms with Gasteiger partial charge in [-0.25, -0.2) is 4.39 Å². The van der Waals surface area contributed by atoms with Crippen molar-refractivity contribution in [2.45, 2.75) is 31.5 Å². The average Bonchev–Trinajstić information content (AvgIpc) is 2.71. The van der Waals surface area contributed by atoms with E-state index < -0.39 is 17.5 Å². The van der Waals surface area contributed by atoms with E-state index in [1.54, 1.807) is 19.1 Å². The standard InChI is InChI=1S/C13H16ClFN2O2/c1-13(19)5-10(17-7-13)12(18)16-6-8-3-2-4-9(14)11(8)15/h2-4,10,17,19H,5-7H2,1H3,(H,16,18). The Balaban J connectivity index is 1.92. The Hall–Kier alpha value is -1.17. The van der Waals surface area contributed by atoms with Gasteiger partial charge >= 0.3 is 0 Å². The molecule has 1 aromatic carbocycles. The van der Waals surface area contributed by atoms with Crippen molar-refractivity contribution in [3.05, 3.63) is 34.6 Å². The Labute approximate surface area is 116 Å². The molecule has 0 bridgehead atoms. The number of halogens is 2. The lowest BCUT2D eigenvalue weighted by Crippen LogP contribution is -2.40. The zero-order chi connectivity index (χ0) is 14.0. The number of β-amino-alcohol motifs (C(OH)–C–C–N with tert-alkyl or cyclic N) is 1. The molecule has 0 saturated carbocycles. The smallest absolute Gasteiger partial charge is 0.237 e. The van der Waals surface area contributed by atoms with Crippen LogP contribution >= 0.6 is 11.6 Å². The fourth-order valence-corrected chi connectivity index (χ4v) is 2.30. The monoisotopic (exact) mass is 286 g/mol. The third-order valence-electron chi connectivity index (χ3n) is 3.17. The summed E-state index contributed by atoms with van der Waals surface area (Å²) in [6, 6.07) is 4.21. The van der Waals surface area contributed by atoms with Crippen LogP contribution in [0.25, 0.3) is 0 Å². The second kappa shape index (κ2) is 5.45. The van der Waals surface area contributed by atoms with Gasteiger partial charge in [-0.2, -0.15) is 0 Å². The van der Waals surface area contributed by atoms with Gasteiger partial charge in [0.1, 0.15) is 5.82 Å². The molecule has 1 aromatic rings. The highest BCUT2D eigenvalue weighted by Crippen LogP contribution is 2.19. The van der Waals surface area contributed by atoms with Crippen LogP contribution in [0.5, 0.6) is 0 Å². The van der Waals surface area contributed by atoms with E-state index in [-0.39, 0.29) is 17.5 Å². The van der Waals surface area contributed by atoms with Crippen LogP contribution in [0.15, 0.2) is 18.2 Å². The average molecular weight is 287 g/mol. The summed E-state index contributed by atoms with van der Waals surface area (Å²) in [4.78, 5) is 11.9. The Kier molecular flexibility index (Phi) is 4.08. The lowest BCUT2D eigenvalue weighted by molar-refractivity contribution is -0.123. The van der Waals surface area contributed by atoms with Crippen LogP contribution in [-0.2, 0) is 11.3 Å². The first-order valence-corrected chi connectivity index (χ1v) is 6.43. The summed E-state index contributed by atoms with van der Waals surface area (Å²) in [5, 5.41) is 15.4. The van der Waals surface area contributed by atoms with Crippen LogP contribution in [0.3, 0.4) is 0 Å². The van der Waals surface area contributed by atoms with E-state index in [9.17, 15) is 14.3 Å². The Morgan fingerprint density at radius 2 is 2.42 bits per heavy atom. The molecule has 0 spiro atoms. The molecule has 0 aliphatic carbocycles. The first-order chi connectivity index (χ1) is 8.89. The van der Waals surface area contributed by atoms with Gasteiger partial charge in [-0.3, -0.25) is 4.79 Å². The van der Waals surface area contributed by atoms with Crippen molar-refractivity contribution in [3.8, 4) is 0 Å². The van der Waals surface area contributed by atoms with E-state index in [1.807, 2.05) is 0 Å². The zero-order valence-electron chi connectivity index (χ0n) is 10.5. The maximum Gasteiger partial charge on any atom is 0.237 e. The number of rotatable bonds is 3. The maximum absolute atomic E-state index is 13.6. The molecule has 0 aromatic heterocycles. The second-order valence-corrected chi connectivity index (χ2v) is 5.47. The van der Waals surface area contributed by atoms with E-state index >= 15 is 0 Å². The molecule has 1 aliphatic rings. The highest BCUT2D eigenvalue weighted by Gasteiger charge is 2.36. The van der Waals surface area contributed by atoms with Crippen molar-refractivity contribution in [2.24, 2.45) is 0 Å². The van der Waals surface area contributed by atoms with E-state index in [4.69, 9.17) is 11.6 Å². The first-order valence-electron chi connectivity index (χ1n) is 6.05. The minimum Gasteiger partial charge on any atom is -0.389 e. The summed E-state index contributed by atoms with van der Waals surface area (Å²) in [5.41, 5.74) is -0.533. The van der Waals surface area contributed by atoms with Crippen molar-refractivity contribution >= 4 is 17.5 Å². The third kappa shape index (κ3) is 3.43. The summed E-state index contributed by atoms with van der Waals surface area (Å²) >= 11 is 5.66. The highest BCUT2D eigenvalue weighted by molar-refractivity contribution is 6.30. The predicted octanol–water partition coefficient (Wildman–Crippen LogP) is 1.21. The van der Waals surface area contributed by atoms with Crippen LogP contribution in [0.4, 0.5) is 4.39 Å². The van der Waals surface area contributed by atoms with Crippen molar-refractivity contribution < 1.29 is 14.3 Å². The molecule has 2 rings (SSSR count). The molecule has 2 atom stereocenters. The molecule has 4 nitrogen and oxygen atoms in total. The predicted molar refractivity (Wildman–Crippen MR) is 70.3 cm³/mol. The minimum absolute atomic E-state index is 0.0358. The Morgan fingerprint density at radius 3 is 3.05 bits per heavy atom. The molecule has 1 saturated heterocycles. The SMILES string of the molecule is CC1(O)CNC(C(=O)NCc2cccc(Cl)c2F)C1. The topological polar surface area (TPSA) is 61.4 Å². The van der Waals surface area contributed by atoms with Gasteiger partial charge in [0.15, 0.2) is 0 Å². The molecule has 1 aliphatic heterocycles. The van der Waals surface area contributed by atoms with Crippen molar-refractivity contribution in [1.82, 2.24) is 10.6 Å². The molecule has 104 valence electrons. The van der Waals surface area contributed by atoms with Crippen molar-refractivity contribution in [2.75, 3.05) is 6.54 Å². The maximum atomic E-state index is 13.6. The normalized spacial score (nSPS) is 26.4. The van der Waals surface area contributed by atoms with Crippen LogP contribution in [0.2, 0.25) is 5.02 Å². The van der Waals surface area contributed by atoms with Gasteiger partial charge in [0.2, 0.25) is 5.91 Å². The molecule has 19 heavy (non-hydrogen) atoms. The zero-order valence-corrected chi connectivity index (χ0v) is 11.3. The third-order valence-corrected chi connectivity index (χ3v) is 3.47. The van der Waals surface area contributed by atoms with Crippen molar-refractivity contribution in [3.63, 3.8) is 0 Å². The molecular weight excluding hydrogens is 271 g/mol. The van der Waals surface area contributed by atoms with Gasteiger partial charge in [0, 0.05) is 25.1 Å². The second-order valence-electron chi connectivity index (χ2n) is 5.07. The van der Waals surface area contributed by atoms with Crippen LogP contribution in [0.1, 0.15) is 18.9 Å². The van der Waals surface area contributed by atoms with Gasteiger partial charge in [-0.1, -0.05) is 23.7 Å². The fourth-order valence-electron chi connectivity index (χ4n) is 2.10. The van der Waals surface area contributed by atoms with Gasteiger partial charge < -0.3 is 15.7 Å². The van der Waals surface area contributed by atoms with Gasteiger partial charge in [-0.05, 0) is 13.0 Å². The number of carbonyl (C=O) groups is 1. The number of hydrogen-bond acceptors (Lipinski definition) is 3. The van der Waals surface area contributed by atoms with Crippen LogP contribution < -0.4 is 10.6 Å². The summed E-state index contributed by atoms with van der Waals surface area (Å²) < 4.78 is 13.6. The van der Waals surface area contributed by atoms with E-state index in [0.29, 0.717) is 18.5 Å². The van der Waals surface area contributed by atoms with Gasteiger partial charge in [0.25, 0.3) is 0 Å². The Bertz CT molecular complexity index is 494. The molecule has 1 heterocycles. The van der Waals surface area contributed by atoms with Gasteiger partial charge in [0.05, 0.1) is 16.7 Å². The summed E-state index contributed by atoms with van der Waals surface area (Å²) in [6.45, 7) is 2.12. The molecule has 6 heteroatoms. The lowest BCUT2D eigenvalue weighted by atomic mass is 10.0. The molecular formula is C13H16ClFN2O2. The van der Waals surface area contributed by atoms with E-state index in [1.165, 1.54) is 6.07 Å². The number of hydrogen-bond donors (Lipinski definition) is 3. The van der Waals surface area contributed by atoms with E-state index in [0.717, 1.165) is 0 Å². The molecule has 3 N–H and O–H groups in total. The summed E-state index contributed by atoms with van der Waals surface area (Å²) in [6.07, 6.45) is 0.344. The first kappa shape index (κ1) is 14.2. The molecule has 0 radical (unpaired) electrons. The van der Waals surface area contributed by atoms with Crippen LogP contribution in [-0.4, -0.2) is 29.2 Å². The van der Waals surface area contributed by atoms with Crippen molar-refractivity contribution in [1.29, 1.82) is 0 Å². The summed E-state index contributed by atoms with van der Waals surface area (Å²) in [7, 11) is 0. The largest absolute Gasteiger partial charge is 0.389 e. The lowest BCUT2D eigenvalue weighted by Gasteiger charge is -2.14. The van der Waals surface area contributed by atoms with Crippen LogP contribution in [0, 0.1) is 5.82 Å². The number of amides is 1. The number of carbonyl (C=O) groups excluding carboxylic acids is 1. The van der Waals surface area contributed by atoms with E-state index in [2.05, 4.69) is 10.6 Å². The molecule has 2 unspecified atom stereocenters. The Morgan fingerprint density at radius 1 is 1.68 bits per heavy atom. The molecule has 1 fully saturated rings. The van der Waals surface area contributed by atoms with Gasteiger partial charge in [-0.15, -0.1) is 0 Å².